The molecule has 0 amide bonds. The van der Waals surface area contributed by atoms with Gasteiger partial charge in [0.05, 0.1) is 10.7 Å². The van der Waals surface area contributed by atoms with E-state index in [1.165, 1.54) is 5.56 Å². The van der Waals surface area contributed by atoms with Crippen molar-refractivity contribution in [2.24, 2.45) is 0 Å². The molecule has 0 aliphatic heterocycles. The average molecular weight is 325 g/mol. The van der Waals surface area contributed by atoms with Gasteiger partial charge in [0.2, 0.25) is 0 Å². The lowest BCUT2D eigenvalue weighted by Gasteiger charge is -2.24. The van der Waals surface area contributed by atoms with Gasteiger partial charge in [0, 0.05) is 16.7 Å². The first-order valence-electron chi connectivity index (χ1n) is 5.91. The maximum absolute atomic E-state index is 6.31. The molecule has 0 radical (unpaired) electrons. The van der Waals surface area contributed by atoms with Crippen molar-refractivity contribution in [3.05, 3.63) is 57.5 Å². The third kappa shape index (κ3) is 2.88. The highest BCUT2D eigenvalue weighted by Crippen LogP contribution is 2.33. The summed E-state index contributed by atoms with van der Waals surface area (Å²) < 4.78 is 0.996. The molecule has 0 atom stereocenters. The number of nitrogens with zero attached hydrogens (tertiary/aromatic N) is 1. The van der Waals surface area contributed by atoms with Gasteiger partial charge in [-0.2, -0.15) is 0 Å². The van der Waals surface area contributed by atoms with E-state index in [0.717, 1.165) is 27.4 Å². The zero-order valence-corrected chi connectivity index (χ0v) is 12.8. The first-order chi connectivity index (χ1) is 8.61. The Labute approximate surface area is 122 Å². The van der Waals surface area contributed by atoms with Crippen LogP contribution in [0.3, 0.4) is 0 Å². The van der Waals surface area contributed by atoms with Crippen molar-refractivity contribution >= 4 is 38.9 Å². The monoisotopic (exact) mass is 323 g/mol. The van der Waals surface area contributed by atoms with Gasteiger partial charge >= 0.3 is 0 Å². The van der Waals surface area contributed by atoms with Crippen LogP contribution in [0.2, 0.25) is 5.02 Å². The molecular formula is C15H15BrClN. The molecule has 0 unspecified atom stereocenters. The first kappa shape index (κ1) is 13.4. The Kier molecular flexibility index (Phi) is 4.31. The lowest BCUT2D eigenvalue weighted by atomic mass is 10.2. The number of hydrogen-bond donors (Lipinski definition) is 0. The minimum Gasteiger partial charge on any atom is -0.341 e. The number of benzene rings is 2. The zero-order valence-electron chi connectivity index (χ0n) is 10.5. The van der Waals surface area contributed by atoms with Crippen LogP contribution in [0.15, 0.2) is 46.9 Å². The Morgan fingerprint density at radius 2 is 1.78 bits per heavy atom. The van der Waals surface area contributed by atoms with Crippen molar-refractivity contribution in [1.29, 1.82) is 0 Å². The quantitative estimate of drug-likeness (QED) is 0.713. The molecule has 0 aliphatic carbocycles. The van der Waals surface area contributed by atoms with Crippen molar-refractivity contribution < 1.29 is 0 Å². The third-order valence-electron chi connectivity index (χ3n) is 2.86. The fourth-order valence-corrected chi connectivity index (χ4v) is 2.69. The average Bonchev–Trinajstić information content (AvgIpc) is 2.35. The van der Waals surface area contributed by atoms with Gasteiger partial charge in [-0.1, -0.05) is 45.2 Å². The van der Waals surface area contributed by atoms with E-state index >= 15 is 0 Å². The summed E-state index contributed by atoms with van der Waals surface area (Å²) in [6, 6.07) is 14.4. The number of halogens is 2. The SMILES string of the molecule is CCN(c1ccc(C)cc1)c1ccc(Br)cc1Cl. The Hall–Kier alpha value is -0.990. The van der Waals surface area contributed by atoms with Crippen molar-refractivity contribution in [2.75, 3.05) is 11.4 Å². The van der Waals surface area contributed by atoms with E-state index in [9.17, 15) is 0 Å². The van der Waals surface area contributed by atoms with Crippen LogP contribution >= 0.6 is 27.5 Å². The lowest BCUT2D eigenvalue weighted by molar-refractivity contribution is 1.02. The highest BCUT2D eigenvalue weighted by Gasteiger charge is 2.10. The summed E-state index contributed by atoms with van der Waals surface area (Å²) in [5, 5.41) is 0.756. The molecule has 0 aromatic heterocycles. The molecule has 0 heterocycles. The highest BCUT2D eigenvalue weighted by molar-refractivity contribution is 9.10. The topological polar surface area (TPSA) is 3.24 Å². The number of aryl methyl sites for hydroxylation is 1. The van der Waals surface area contributed by atoms with E-state index < -0.39 is 0 Å². The summed E-state index contributed by atoms with van der Waals surface area (Å²) in [5.74, 6) is 0. The van der Waals surface area contributed by atoms with E-state index in [1.807, 2.05) is 18.2 Å². The molecule has 0 spiro atoms. The normalized spacial score (nSPS) is 10.4. The third-order valence-corrected chi connectivity index (χ3v) is 3.66. The predicted octanol–water partition coefficient (Wildman–Crippen LogP) is 5.57. The van der Waals surface area contributed by atoms with Gasteiger partial charge in [0.1, 0.15) is 0 Å². The standard InChI is InChI=1S/C15H15BrClN/c1-3-18(13-7-4-11(2)5-8-13)15-9-6-12(16)10-14(15)17/h4-10H,3H2,1-2H3. The molecular weight excluding hydrogens is 310 g/mol. The summed E-state index contributed by atoms with van der Waals surface area (Å²) in [4.78, 5) is 2.20. The van der Waals surface area contributed by atoms with Crippen LogP contribution in [0.5, 0.6) is 0 Å². The minimum atomic E-state index is 0.756. The fraction of sp³-hybridized carbons (Fsp3) is 0.200. The molecule has 18 heavy (non-hydrogen) atoms. The zero-order chi connectivity index (χ0) is 13.1. The summed E-state index contributed by atoms with van der Waals surface area (Å²) in [6.45, 7) is 5.09. The maximum Gasteiger partial charge on any atom is 0.0654 e. The second-order valence-electron chi connectivity index (χ2n) is 4.18. The van der Waals surface area contributed by atoms with E-state index in [2.05, 4.69) is 58.9 Å². The summed E-state index contributed by atoms with van der Waals surface area (Å²) >= 11 is 9.74. The Bertz CT molecular complexity index is 537. The van der Waals surface area contributed by atoms with E-state index in [4.69, 9.17) is 11.6 Å². The van der Waals surface area contributed by atoms with Crippen molar-refractivity contribution in [3.8, 4) is 0 Å². The van der Waals surface area contributed by atoms with Crippen molar-refractivity contribution in [1.82, 2.24) is 0 Å². The van der Waals surface area contributed by atoms with Gasteiger partial charge < -0.3 is 4.90 Å². The van der Waals surface area contributed by atoms with Gasteiger partial charge in [-0.25, -0.2) is 0 Å². The number of hydrogen-bond acceptors (Lipinski definition) is 1. The second-order valence-corrected chi connectivity index (χ2v) is 5.50. The molecule has 2 aromatic rings. The number of anilines is 2. The van der Waals surface area contributed by atoms with Crippen molar-refractivity contribution in [2.45, 2.75) is 13.8 Å². The van der Waals surface area contributed by atoms with Crippen LogP contribution in [0.4, 0.5) is 11.4 Å². The van der Waals surface area contributed by atoms with Crippen LogP contribution in [0, 0.1) is 6.92 Å². The molecule has 0 bridgehead atoms. The van der Waals surface area contributed by atoms with E-state index in [0.29, 0.717) is 0 Å². The smallest absolute Gasteiger partial charge is 0.0654 e. The predicted molar refractivity (Wildman–Crippen MR) is 83.0 cm³/mol. The Morgan fingerprint density at radius 3 is 2.33 bits per heavy atom. The molecule has 1 nitrogen and oxygen atoms in total. The molecule has 0 saturated heterocycles. The van der Waals surface area contributed by atoms with Crippen molar-refractivity contribution in [3.63, 3.8) is 0 Å². The van der Waals surface area contributed by atoms with Gasteiger partial charge in [-0.05, 0) is 44.2 Å². The minimum absolute atomic E-state index is 0.756. The van der Waals surface area contributed by atoms with E-state index in [-0.39, 0.29) is 0 Å². The molecule has 0 fully saturated rings. The Balaban J connectivity index is 2.41. The van der Waals surface area contributed by atoms with Gasteiger partial charge in [-0.3, -0.25) is 0 Å². The number of rotatable bonds is 3. The Morgan fingerprint density at radius 1 is 1.11 bits per heavy atom. The summed E-state index contributed by atoms with van der Waals surface area (Å²) in [5.41, 5.74) is 3.45. The van der Waals surface area contributed by atoms with E-state index in [1.54, 1.807) is 0 Å². The van der Waals surface area contributed by atoms with Crippen LogP contribution < -0.4 is 4.90 Å². The molecule has 2 rings (SSSR count). The maximum atomic E-state index is 6.31. The second kappa shape index (κ2) is 5.77. The molecule has 2 aromatic carbocycles. The van der Waals surface area contributed by atoms with Crippen LogP contribution in [-0.2, 0) is 0 Å². The highest BCUT2D eigenvalue weighted by atomic mass is 79.9. The van der Waals surface area contributed by atoms with Gasteiger partial charge in [0.15, 0.2) is 0 Å². The summed E-state index contributed by atoms with van der Waals surface area (Å²) in [7, 11) is 0. The first-order valence-corrected chi connectivity index (χ1v) is 7.08. The van der Waals surface area contributed by atoms with Crippen LogP contribution in [0.25, 0.3) is 0 Å². The van der Waals surface area contributed by atoms with Gasteiger partial charge in [0.25, 0.3) is 0 Å². The van der Waals surface area contributed by atoms with Crippen LogP contribution in [0.1, 0.15) is 12.5 Å². The van der Waals surface area contributed by atoms with Crippen LogP contribution in [-0.4, -0.2) is 6.54 Å². The molecule has 94 valence electrons. The molecule has 0 N–H and O–H groups in total. The molecule has 0 aliphatic rings. The largest absolute Gasteiger partial charge is 0.341 e. The fourth-order valence-electron chi connectivity index (χ4n) is 1.92. The lowest BCUT2D eigenvalue weighted by Crippen LogP contribution is -2.16. The van der Waals surface area contributed by atoms with Gasteiger partial charge in [-0.15, -0.1) is 0 Å². The summed E-state index contributed by atoms with van der Waals surface area (Å²) in [6.07, 6.45) is 0. The molecule has 0 saturated carbocycles. The molecule has 3 heteroatoms.